The summed E-state index contributed by atoms with van der Waals surface area (Å²) in [4.78, 5) is 15.1. The van der Waals surface area contributed by atoms with Gasteiger partial charge < -0.3 is 16.2 Å². The van der Waals surface area contributed by atoms with Crippen molar-refractivity contribution in [2.75, 3.05) is 5.32 Å². The number of pyridine rings is 1. The summed E-state index contributed by atoms with van der Waals surface area (Å²) in [7, 11) is 0. The zero-order valence-electron chi connectivity index (χ0n) is 9.63. The molecule has 4 N–H and O–H groups in total. The molecule has 0 aliphatic carbocycles. The molecule has 5 nitrogen and oxygen atoms in total. The number of aromatic hydroxyl groups is 1. The van der Waals surface area contributed by atoms with Gasteiger partial charge in [-0.1, -0.05) is 6.07 Å². The van der Waals surface area contributed by atoms with E-state index in [1.165, 1.54) is 6.20 Å². The molecule has 1 heterocycles. The molecule has 0 aliphatic heterocycles. The molecule has 0 atom stereocenters. The molecule has 0 saturated heterocycles. The number of rotatable bonds is 4. The summed E-state index contributed by atoms with van der Waals surface area (Å²) in [5, 5.41) is 12.2. The maximum Gasteiger partial charge on any atom is 0.248 e. The van der Waals surface area contributed by atoms with E-state index in [0.717, 1.165) is 11.4 Å². The van der Waals surface area contributed by atoms with E-state index in [-0.39, 0.29) is 5.75 Å². The summed E-state index contributed by atoms with van der Waals surface area (Å²) < 4.78 is 0. The predicted octanol–water partition coefficient (Wildman–Crippen LogP) is 1.50. The Bertz CT molecular complexity index is 552. The van der Waals surface area contributed by atoms with Crippen LogP contribution in [-0.2, 0) is 6.54 Å². The summed E-state index contributed by atoms with van der Waals surface area (Å²) >= 11 is 0. The molecule has 1 aromatic carbocycles. The van der Waals surface area contributed by atoms with E-state index >= 15 is 0 Å². The molecule has 1 amide bonds. The first-order valence-electron chi connectivity index (χ1n) is 5.43. The van der Waals surface area contributed by atoms with Gasteiger partial charge in [0.1, 0.15) is 5.75 Å². The van der Waals surface area contributed by atoms with Crippen LogP contribution in [0.4, 0.5) is 5.69 Å². The van der Waals surface area contributed by atoms with Crippen LogP contribution < -0.4 is 11.1 Å². The number of hydrogen-bond donors (Lipinski definition) is 3. The van der Waals surface area contributed by atoms with Gasteiger partial charge in [-0.3, -0.25) is 9.78 Å². The van der Waals surface area contributed by atoms with Crippen LogP contribution in [0.5, 0.6) is 5.75 Å². The topological polar surface area (TPSA) is 88.2 Å². The Morgan fingerprint density at radius 1 is 1.33 bits per heavy atom. The summed E-state index contributed by atoms with van der Waals surface area (Å²) in [5.41, 5.74) is 7.24. The van der Waals surface area contributed by atoms with E-state index in [0.29, 0.717) is 12.1 Å². The molecule has 0 unspecified atom stereocenters. The van der Waals surface area contributed by atoms with Crippen LogP contribution >= 0.6 is 0 Å². The third kappa shape index (κ3) is 2.98. The number of nitrogens with zero attached hydrogens (tertiary/aromatic N) is 1. The molecule has 18 heavy (non-hydrogen) atoms. The lowest BCUT2D eigenvalue weighted by atomic mass is 10.2. The van der Waals surface area contributed by atoms with Crippen LogP contribution in [0.3, 0.4) is 0 Å². The fraction of sp³-hybridized carbons (Fsp3) is 0.0769. The van der Waals surface area contributed by atoms with E-state index in [4.69, 9.17) is 10.8 Å². The number of benzene rings is 1. The molecule has 0 radical (unpaired) electrons. The highest BCUT2D eigenvalue weighted by atomic mass is 16.3. The van der Waals surface area contributed by atoms with Crippen molar-refractivity contribution in [3.8, 4) is 5.75 Å². The van der Waals surface area contributed by atoms with Crippen molar-refractivity contribution >= 4 is 11.6 Å². The SMILES string of the molecule is NC(=O)c1cccc(NCc2ccc(O)cn2)c1. The van der Waals surface area contributed by atoms with Gasteiger partial charge in [-0.15, -0.1) is 0 Å². The monoisotopic (exact) mass is 243 g/mol. The highest BCUT2D eigenvalue weighted by molar-refractivity contribution is 5.93. The zero-order chi connectivity index (χ0) is 13.0. The van der Waals surface area contributed by atoms with Crippen molar-refractivity contribution in [2.24, 2.45) is 5.73 Å². The zero-order valence-corrected chi connectivity index (χ0v) is 9.63. The second-order valence-electron chi connectivity index (χ2n) is 3.81. The first kappa shape index (κ1) is 11.9. The van der Waals surface area contributed by atoms with Crippen molar-refractivity contribution in [1.82, 2.24) is 4.98 Å². The average molecular weight is 243 g/mol. The van der Waals surface area contributed by atoms with Gasteiger partial charge >= 0.3 is 0 Å². The van der Waals surface area contributed by atoms with Crippen LogP contribution in [0.15, 0.2) is 42.6 Å². The highest BCUT2D eigenvalue weighted by Crippen LogP contribution is 2.12. The lowest BCUT2D eigenvalue weighted by Crippen LogP contribution is -2.11. The second kappa shape index (κ2) is 5.18. The Hall–Kier alpha value is -2.56. The number of anilines is 1. The molecule has 92 valence electrons. The number of amides is 1. The third-order valence-corrected chi connectivity index (χ3v) is 2.43. The van der Waals surface area contributed by atoms with E-state index in [9.17, 15) is 4.79 Å². The molecule has 0 aliphatic rings. The van der Waals surface area contributed by atoms with Gasteiger partial charge in [-0.25, -0.2) is 0 Å². The Labute approximate surface area is 104 Å². The Morgan fingerprint density at radius 3 is 2.83 bits per heavy atom. The predicted molar refractivity (Wildman–Crippen MR) is 68.2 cm³/mol. The van der Waals surface area contributed by atoms with E-state index in [1.807, 2.05) is 6.07 Å². The fourth-order valence-electron chi connectivity index (χ4n) is 1.50. The molecule has 5 heteroatoms. The number of nitrogens with two attached hydrogens (primary N) is 1. The quantitative estimate of drug-likeness (QED) is 0.759. The molecule has 0 spiro atoms. The molecular weight excluding hydrogens is 230 g/mol. The number of carbonyl (C=O) groups is 1. The first-order valence-corrected chi connectivity index (χ1v) is 5.43. The third-order valence-electron chi connectivity index (χ3n) is 2.43. The molecule has 0 bridgehead atoms. The van der Waals surface area contributed by atoms with Crippen molar-refractivity contribution in [2.45, 2.75) is 6.54 Å². The maximum absolute atomic E-state index is 11.0. The molecular formula is C13H13N3O2. The van der Waals surface area contributed by atoms with Crippen LogP contribution in [-0.4, -0.2) is 16.0 Å². The van der Waals surface area contributed by atoms with Crippen molar-refractivity contribution in [3.63, 3.8) is 0 Å². The van der Waals surface area contributed by atoms with Crippen LogP contribution in [0.2, 0.25) is 0 Å². The highest BCUT2D eigenvalue weighted by Gasteiger charge is 2.01. The standard InChI is InChI=1S/C13H13N3O2/c14-13(18)9-2-1-3-10(6-9)15-7-11-4-5-12(17)8-16-11/h1-6,8,15,17H,7H2,(H2,14,18). The number of hydrogen-bond acceptors (Lipinski definition) is 4. The number of primary amides is 1. The summed E-state index contributed by atoms with van der Waals surface area (Å²) in [6, 6.07) is 10.2. The molecule has 0 saturated carbocycles. The van der Waals surface area contributed by atoms with Gasteiger partial charge in [-0.2, -0.15) is 0 Å². The van der Waals surface area contributed by atoms with E-state index in [1.54, 1.807) is 30.3 Å². The minimum atomic E-state index is -0.457. The van der Waals surface area contributed by atoms with Crippen molar-refractivity contribution in [1.29, 1.82) is 0 Å². The number of aromatic nitrogens is 1. The van der Waals surface area contributed by atoms with Gasteiger partial charge in [0.25, 0.3) is 0 Å². The lowest BCUT2D eigenvalue weighted by Gasteiger charge is -2.06. The van der Waals surface area contributed by atoms with E-state index in [2.05, 4.69) is 10.3 Å². The van der Waals surface area contributed by atoms with Crippen LogP contribution in [0, 0.1) is 0 Å². The minimum Gasteiger partial charge on any atom is -0.506 e. The van der Waals surface area contributed by atoms with Gasteiger partial charge in [0.05, 0.1) is 18.4 Å². The Kier molecular flexibility index (Phi) is 3.43. The minimum absolute atomic E-state index is 0.134. The summed E-state index contributed by atoms with van der Waals surface area (Å²) in [5.74, 6) is -0.323. The molecule has 1 aromatic heterocycles. The Morgan fingerprint density at radius 2 is 2.17 bits per heavy atom. The van der Waals surface area contributed by atoms with Gasteiger partial charge in [0.2, 0.25) is 5.91 Å². The lowest BCUT2D eigenvalue weighted by molar-refractivity contribution is 0.100. The summed E-state index contributed by atoms with van der Waals surface area (Å²) in [6.07, 6.45) is 1.39. The number of carbonyl (C=O) groups excluding carboxylic acids is 1. The second-order valence-corrected chi connectivity index (χ2v) is 3.81. The summed E-state index contributed by atoms with van der Waals surface area (Å²) in [6.45, 7) is 0.502. The largest absolute Gasteiger partial charge is 0.506 e. The first-order chi connectivity index (χ1) is 8.65. The van der Waals surface area contributed by atoms with Crippen molar-refractivity contribution < 1.29 is 9.90 Å². The molecule has 2 rings (SSSR count). The normalized spacial score (nSPS) is 10.0. The fourth-order valence-corrected chi connectivity index (χ4v) is 1.50. The Balaban J connectivity index is 2.04. The van der Waals surface area contributed by atoms with Gasteiger partial charge in [-0.05, 0) is 30.3 Å². The molecule has 0 fully saturated rings. The van der Waals surface area contributed by atoms with Gasteiger partial charge in [0.15, 0.2) is 0 Å². The van der Waals surface area contributed by atoms with Crippen LogP contribution in [0.1, 0.15) is 16.1 Å². The molecule has 2 aromatic rings. The smallest absolute Gasteiger partial charge is 0.248 e. The maximum atomic E-state index is 11.0. The number of nitrogens with one attached hydrogen (secondary N) is 1. The van der Waals surface area contributed by atoms with Crippen molar-refractivity contribution in [3.05, 3.63) is 53.9 Å². The van der Waals surface area contributed by atoms with E-state index < -0.39 is 5.91 Å². The average Bonchev–Trinajstić information content (AvgIpc) is 2.38. The van der Waals surface area contributed by atoms with Gasteiger partial charge in [0, 0.05) is 11.3 Å². The van der Waals surface area contributed by atoms with Crippen LogP contribution in [0.25, 0.3) is 0 Å².